The van der Waals surface area contributed by atoms with Crippen molar-refractivity contribution in [2.45, 2.75) is 4.90 Å². The van der Waals surface area contributed by atoms with E-state index in [1.54, 1.807) is 0 Å². The van der Waals surface area contributed by atoms with Crippen molar-refractivity contribution >= 4 is 44.0 Å². The molecule has 16 heavy (non-hydrogen) atoms. The third kappa shape index (κ3) is 1.58. The first kappa shape index (κ1) is 10.1. The van der Waals surface area contributed by atoms with Gasteiger partial charge in [0.15, 0.2) is 0 Å². The van der Waals surface area contributed by atoms with Crippen molar-refractivity contribution in [3.05, 3.63) is 54.6 Å². The first-order valence-corrected chi connectivity index (χ1v) is 6.98. The van der Waals surface area contributed by atoms with Gasteiger partial charge in [-0.15, -0.1) is 11.7 Å². The third-order valence-electron chi connectivity index (χ3n) is 2.81. The number of thiol groups is 1. The summed E-state index contributed by atoms with van der Waals surface area (Å²) in [5.74, 6) is 0. The van der Waals surface area contributed by atoms with E-state index in [0.717, 1.165) is 0 Å². The van der Waals surface area contributed by atoms with Crippen LogP contribution in [0.4, 0.5) is 0 Å². The quantitative estimate of drug-likeness (QED) is 0.358. The topological polar surface area (TPSA) is 0 Å². The molecule has 3 aromatic carbocycles. The lowest BCUT2D eigenvalue weighted by molar-refractivity contribution is 1.57. The summed E-state index contributed by atoms with van der Waals surface area (Å²) in [5.41, 5.74) is 0. The monoisotopic (exact) mass is 242 g/mol. The first-order valence-electron chi connectivity index (χ1n) is 5.11. The highest BCUT2D eigenvalue weighted by molar-refractivity contribution is 8.68. The van der Waals surface area contributed by atoms with Crippen molar-refractivity contribution in [3.8, 4) is 0 Å². The van der Waals surface area contributed by atoms with Crippen LogP contribution in [-0.4, -0.2) is 0 Å². The lowest BCUT2D eigenvalue weighted by Gasteiger charge is -2.05. The Hall–Kier alpha value is -1.12. The van der Waals surface area contributed by atoms with Gasteiger partial charge in [-0.3, -0.25) is 0 Å². The van der Waals surface area contributed by atoms with Gasteiger partial charge in [-0.25, -0.2) is 0 Å². The molecule has 0 nitrogen and oxygen atoms in total. The van der Waals surface area contributed by atoms with E-state index >= 15 is 0 Å². The predicted molar refractivity (Wildman–Crippen MR) is 76.3 cm³/mol. The van der Waals surface area contributed by atoms with Crippen LogP contribution in [0.2, 0.25) is 0 Å². The second-order valence-corrected chi connectivity index (χ2v) is 4.94. The van der Waals surface area contributed by atoms with E-state index in [0.29, 0.717) is 0 Å². The van der Waals surface area contributed by atoms with Gasteiger partial charge >= 0.3 is 0 Å². The molecule has 0 aliphatic heterocycles. The molecule has 0 saturated heterocycles. The van der Waals surface area contributed by atoms with Crippen LogP contribution in [0.1, 0.15) is 0 Å². The zero-order chi connectivity index (χ0) is 11.0. The van der Waals surface area contributed by atoms with Gasteiger partial charge in [0.2, 0.25) is 0 Å². The molecule has 0 aliphatic carbocycles. The Labute approximate surface area is 103 Å². The summed E-state index contributed by atoms with van der Waals surface area (Å²) in [5, 5.41) is 5.13. The second-order valence-electron chi connectivity index (χ2n) is 3.77. The lowest BCUT2D eigenvalue weighted by atomic mass is 10.0. The van der Waals surface area contributed by atoms with E-state index in [1.807, 2.05) is 0 Å². The van der Waals surface area contributed by atoms with Crippen molar-refractivity contribution in [2.75, 3.05) is 0 Å². The molecule has 0 aliphatic rings. The fourth-order valence-corrected chi connectivity index (χ4v) is 2.91. The van der Waals surface area contributed by atoms with E-state index in [2.05, 4.69) is 66.3 Å². The molecule has 0 saturated carbocycles. The highest BCUT2D eigenvalue weighted by Gasteiger charge is 2.01. The summed E-state index contributed by atoms with van der Waals surface area (Å²) in [4.78, 5) is 1.21. The van der Waals surface area contributed by atoms with Gasteiger partial charge in [-0.05, 0) is 39.7 Å². The Morgan fingerprint density at radius 2 is 1.44 bits per heavy atom. The maximum atomic E-state index is 4.30. The number of hydrogen-bond donors (Lipinski definition) is 1. The molecule has 0 aromatic heterocycles. The summed E-state index contributed by atoms with van der Waals surface area (Å²) in [6.45, 7) is 0. The SMILES string of the molecule is SSc1cccc2cc3ccccc3cc12. The van der Waals surface area contributed by atoms with E-state index in [-0.39, 0.29) is 0 Å². The number of hydrogen-bond acceptors (Lipinski definition) is 2. The number of rotatable bonds is 1. The normalized spacial score (nSPS) is 11.1. The molecule has 3 aromatic rings. The fourth-order valence-electron chi connectivity index (χ4n) is 2.02. The minimum absolute atomic E-state index is 1.21. The molecule has 0 fully saturated rings. The zero-order valence-corrected chi connectivity index (χ0v) is 10.3. The average molecular weight is 242 g/mol. The van der Waals surface area contributed by atoms with Crippen molar-refractivity contribution in [3.63, 3.8) is 0 Å². The molecular weight excluding hydrogens is 232 g/mol. The highest BCUT2D eigenvalue weighted by Crippen LogP contribution is 2.32. The Bertz CT molecular complexity index is 659. The smallest absolute Gasteiger partial charge is 0.0259 e. The standard InChI is InChI=1S/C14H10S2/c15-16-14-7-3-6-12-8-10-4-1-2-5-11(10)9-13(12)14/h1-9,15H. The van der Waals surface area contributed by atoms with Crippen LogP contribution >= 0.6 is 22.5 Å². The molecule has 0 radical (unpaired) electrons. The summed E-state index contributed by atoms with van der Waals surface area (Å²) < 4.78 is 0. The van der Waals surface area contributed by atoms with E-state index in [9.17, 15) is 0 Å². The summed E-state index contributed by atoms with van der Waals surface area (Å²) in [6, 6.07) is 19.3. The van der Waals surface area contributed by atoms with Crippen molar-refractivity contribution in [1.82, 2.24) is 0 Å². The minimum atomic E-state index is 1.21. The van der Waals surface area contributed by atoms with Crippen LogP contribution in [0, 0.1) is 0 Å². The average Bonchev–Trinajstić information content (AvgIpc) is 2.35. The Morgan fingerprint density at radius 3 is 2.19 bits per heavy atom. The van der Waals surface area contributed by atoms with Gasteiger partial charge in [-0.1, -0.05) is 47.2 Å². The molecule has 2 heteroatoms. The molecule has 78 valence electrons. The minimum Gasteiger partial charge on any atom is -0.106 e. The van der Waals surface area contributed by atoms with E-state index in [1.165, 1.54) is 37.2 Å². The largest absolute Gasteiger partial charge is 0.106 e. The van der Waals surface area contributed by atoms with Gasteiger partial charge in [0.1, 0.15) is 0 Å². The first-order chi connectivity index (χ1) is 7.88. The molecule has 3 rings (SSSR count). The molecule has 0 bridgehead atoms. The van der Waals surface area contributed by atoms with Crippen LogP contribution in [-0.2, 0) is 0 Å². The maximum absolute atomic E-state index is 4.30. The van der Waals surface area contributed by atoms with E-state index in [4.69, 9.17) is 0 Å². The molecule has 0 N–H and O–H groups in total. The van der Waals surface area contributed by atoms with Crippen LogP contribution in [0.5, 0.6) is 0 Å². The fraction of sp³-hybridized carbons (Fsp3) is 0. The van der Waals surface area contributed by atoms with Gasteiger partial charge in [0, 0.05) is 4.90 Å². The van der Waals surface area contributed by atoms with Crippen molar-refractivity contribution in [2.24, 2.45) is 0 Å². The van der Waals surface area contributed by atoms with Crippen molar-refractivity contribution < 1.29 is 0 Å². The number of benzene rings is 3. The van der Waals surface area contributed by atoms with Gasteiger partial charge in [-0.2, -0.15) is 0 Å². The highest BCUT2D eigenvalue weighted by atomic mass is 33.1. The molecule has 0 spiro atoms. The Balaban J connectivity index is 2.46. The molecule has 0 amide bonds. The van der Waals surface area contributed by atoms with Crippen LogP contribution < -0.4 is 0 Å². The predicted octanol–water partition coefficient (Wildman–Crippen LogP) is 4.93. The van der Waals surface area contributed by atoms with Gasteiger partial charge in [0.05, 0.1) is 0 Å². The summed E-state index contributed by atoms with van der Waals surface area (Å²) in [7, 11) is 1.50. The lowest BCUT2D eigenvalue weighted by Crippen LogP contribution is -1.78. The summed E-state index contributed by atoms with van der Waals surface area (Å²) in [6.07, 6.45) is 0. The Morgan fingerprint density at radius 1 is 0.750 bits per heavy atom. The van der Waals surface area contributed by atoms with Crippen LogP contribution in [0.25, 0.3) is 21.5 Å². The van der Waals surface area contributed by atoms with Crippen molar-refractivity contribution in [1.29, 1.82) is 0 Å². The zero-order valence-electron chi connectivity index (χ0n) is 8.55. The molecule has 0 atom stereocenters. The maximum Gasteiger partial charge on any atom is 0.0259 e. The third-order valence-corrected chi connectivity index (χ3v) is 3.95. The second kappa shape index (κ2) is 4.04. The molecule has 0 heterocycles. The number of fused-ring (bicyclic) bond motifs is 2. The summed E-state index contributed by atoms with van der Waals surface area (Å²) >= 11 is 4.30. The van der Waals surface area contributed by atoms with E-state index < -0.39 is 0 Å². The molecular formula is C14H10S2. The van der Waals surface area contributed by atoms with Gasteiger partial charge < -0.3 is 0 Å². The Kier molecular flexibility index (Phi) is 2.54. The van der Waals surface area contributed by atoms with Crippen LogP contribution in [0.15, 0.2) is 59.5 Å². The van der Waals surface area contributed by atoms with Gasteiger partial charge in [0.25, 0.3) is 0 Å². The molecule has 0 unspecified atom stereocenters. The van der Waals surface area contributed by atoms with Crippen LogP contribution in [0.3, 0.4) is 0 Å².